The first kappa shape index (κ1) is 12.4. The normalized spacial score (nSPS) is 15.4. The van der Waals surface area contributed by atoms with Gasteiger partial charge < -0.3 is 4.74 Å². The third kappa shape index (κ3) is 5.62. The fourth-order valence-corrected chi connectivity index (χ4v) is 1.37. The lowest BCUT2D eigenvalue weighted by Gasteiger charge is -2.25. The van der Waals surface area contributed by atoms with Crippen LogP contribution in [0.3, 0.4) is 0 Å². The summed E-state index contributed by atoms with van der Waals surface area (Å²) >= 11 is 0. The molecule has 0 aliphatic rings. The SMILES string of the molecule is COCCCC(C)(C#N)NC(C)C. The van der Waals surface area contributed by atoms with E-state index in [0.29, 0.717) is 6.04 Å². The average molecular weight is 184 g/mol. The van der Waals surface area contributed by atoms with Gasteiger partial charge in [-0.3, -0.25) is 5.32 Å². The second-order valence-corrected chi connectivity index (χ2v) is 3.84. The van der Waals surface area contributed by atoms with Gasteiger partial charge in [0.1, 0.15) is 5.54 Å². The molecule has 0 rings (SSSR count). The highest BCUT2D eigenvalue weighted by Gasteiger charge is 2.23. The molecule has 0 aliphatic carbocycles. The summed E-state index contributed by atoms with van der Waals surface area (Å²) in [5.41, 5.74) is -0.410. The fourth-order valence-electron chi connectivity index (χ4n) is 1.37. The predicted octanol–water partition coefficient (Wildman–Crippen LogP) is 1.69. The number of nitriles is 1. The summed E-state index contributed by atoms with van der Waals surface area (Å²) in [5.74, 6) is 0. The van der Waals surface area contributed by atoms with E-state index < -0.39 is 5.54 Å². The maximum absolute atomic E-state index is 8.98. The van der Waals surface area contributed by atoms with Crippen molar-refractivity contribution in [1.82, 2.24) is 5.32 Å². The van der Waals surface area contributed by atoms with Gasteiger partial charge in [-0.25, -0.2) is 0 Å². The van der Waals surface area contributed by atoms with Gasteiger partial charge in [0.05, 0.1) is 6.07 Å². The van der Waals surface area contributed by atoms with Gasteiger partial charge in [0.15, 0.2) is 0 Å². The molecule has 0 aromatic heterocycles. The van der Waals surface area contributed by atoms with E-state index in [1.165, 1.54) is 0 Å². The topological polar surface area (TPSA) is 45.0 Å². The number of hydrogen-bond donors (Lipinski definition) is 1. The molecule has 1 unspecified atom stereocenters. The maximum atomic E-state index is 8.98. The van der Waals surface area contributed by atoms with E-state index in [0.717, 1.165) is 19.4 Å². The second kappa shape index (κ2) is 5.95. The third-order valence-corrected chi connectivity index (χ3v) is 1.88. The van der Waals surface area contributed by atoms with E-state index in [4.69, 9.17) is 10.00 Å². The van der Waals surface area contributed by atoms with Crippen LogP contribution in [0, 0.1) is 11.3 Å². The Hall–Kier alpha value is -0.590. The quantitative estimate of drug-likeness (QED) is 0.639. The Balaban J connectivity index is 3.91. The first-order valence-electron chi connectivity index (χ1n) is 4.72. The number of methoxy groups -OCH3 is 1. The molecule has 0 amide bonds. The largest absolute Gasteiger partial charge is 0.385 e. The molecule has 0 radical (unpaired) electrons. The van der Waals surface area contributed by atoms with Crippen LogP contribution in [-0.4, -0.2) is 25.3 Å². The number of rotatable bonds is 6. The lowest BCUT2D eigenvalue weighted by molar-refractivity contribution is 0.184. The molecule has 0 saturated carbocycles. The van der Waals surface area contributed by atoms with E-state index in [1.807, 2.05) is 20.8 Å². The molecule has 0 bridgehead atoms. The van der Waals surface area contributed by atoms with Crippen LogP contribution in [0.25, 0.3) is 0 Å². The fraction of sp³-hybridized carbons (Fsp3) is 0.900. The van der Waals surface area contributed by atoms with Crippen molar-refractivity contribution in [3.63, 3.8) is 0 Å². The van der Waals surface area contributed by atoms with Crippen molar-refractivity contribution in [3.05, 3.63) is 0 Å². The molecule has 1 atom stereocenters. The molecular weight excluding hydrogens is 164 g/mol. The zero-order valence-corrected chi connectivity index (χ0v) is 9.05. The predicted molar refractivity (Wildman–Crippen MR) is 53.4 cm³/mol. The highest BCUT2D eigenvalue weighted by atomic mass is 16.5. The van der Waals surface area contributed by atoms with E-state index in [2.05, 4.69) is 11.4 Å². The summed E-state index contributed by atoms with van der Waals surface area (Å²) < 4.78 is 4.95. The summed E-state index contributed by atoms with van der Waals surface area (Å²) in [6.45, 7) is 6.75. The molecule has 3 heteroatoms. The van der Waals surface area contributed by atoms with Gasteiger partial charge in [0.25, 0.3) is 0 Å². The Morgan fingerprint density at radius 2 is 2.15 bits per heavy atom. The Morgan fingerprint density at radius 1 is 1.54 bits per heavy atom. The molecule has 1 N–H and O–H groups in total. The molecule has 3 nitrogen and oxygen atoms in total. The maximum Gasteiger partial charge on any atom is 0.104 e. The van der Waals surface area contributed by atoms with Crippen LogP contribution in [0.5, 0.6) is 0 Å². The minimum Gasteiger partial charge on any atom is -0.385 e. The highest BCUT2D eigenvalue weighted by Crippen LogP contribution is 2.11. The zero-order chi connectivity index (χ0) is 10.3. The van der Waals surface area contributed by atoms with Crippen LogP contribution in [0.2, 0.25) is 0 Å². The Labute approximate surface area is 81.1 Å². The van der Waals surface area contributed by atoms with Crippen LogP contribution in [0.4, 0.5) is 0 Å². The summed E-state index contributed by atoms with van der Waals surface area (Å²) in [7, 11) is 1.68. The Kier molecular flexibility index (Phi) is 5.68. The van der Waals surface area contributed by atoms with Gasteiger partial charge >= 0.3 is 0 Å². The molecule has 76 valence electrons. The summed E-state index contributed by atoms with van der Waals surface area (Å²) in [5, 5.41) is 12.2. The second-order valence-electron chi connectivity index (χ2n) is 3.84. The molecule has 0 aromatic carbocycles. The van der Waals surface area contributed by atoms with Crippen LogP contribution in [-0.2, 0) is 4.74 Å². The van der Waals surface area contributed by atoms with Gasteiger partial charge in [-0.05, 0) is 33.6 Å². The molecule has 0 saturated heterocycles. The summed E-state index contributed by atoms with van der Waals surface area (Å²) in [6, 6.07) is 2.64. The lowest BCUT2D eigenvalue weighted by atomic mass is 9.97. The van der Waals surface area contributed by atoms with Crippen molar-refractivity contribution < 1.29 is 4.74 Å². The molecule has 0 heterocycles. The summed E-state index contributed by atoms with van der Waals surface area (Å²) in [6.07, 6.45) is 1.75. The van der Waals surface area contributed by atoms with Crippen molar-refractivity contribution in [2.45, 2.75) is 45.2 Å². The smallest absolute Gasteiger partial charge is 0.104 e. The van der Waals surface area contributed by atoms with Crippen LogP contribution >= 0.6 is 0 Å². The Morgan fingerprint density at radius 3 is 2.54 bits per heavy atom. The number of nitrogens with one attached hydrogen (secondary N) is 1. The standard InChI is InChI=1S/C10H20N2O/c1-9(2)12-10(3,8-11)6-5-7-13-4/h9,12H,5-7H2,1-4H3. The Bertz CT molecular complexity index is 174. The van der Waals surface area contributed by atoms with E-state index in [-0.39, 0.29) is 0 Å². The van der Waals surface area contributed by atoms with Gasteiger partial charge in [0.2, 0.25) is 0 Å². The first-order valence-corrected chi connectivity index (χ1v) is 4.72. The monoisotopic (exact) mass is 184 g/mol. The van der Waals surface area contributed by atoms with Crippen LogP contribution in [0.15, 0.2) is 0 Å². The first-order chi connectivity index (χ1) is 6.04. The number of ether oxygens (including phenoxy) is 1. The summed E-state index contributed by atoms with van der Waals surface area (Å²) in [4.78, 5) is 0. The van der Waals surface area contributed by atoms with E-state index in [9.17, 15) is 0 Å². The molecule has 0 spiro atoms. The van der Waals surface area contributed by atoms with Crippen molar-refractivity contribution >= 4 is 0 Å². The van der Waals surface area contributed by atoms with Gasteiger partial charge in [0, 0.05) is 19.8 Å². The van der Waals surface area contributed by atoms with E-state index in [1.54, 1.807) is 7.11 Å². The molecule has 0 fully saturated rings. The molecule has 13 heavy (non-hydrogen) atoms. The molecule has 0 aromatic rings. The van der Waals surface area contributed by atoms with E-state index >= 15 is 0 Å². The van der Waals surface area contributed by atoms with Crippen molar-refractivity contribution in [3.8, 4) is 6.07 Å². The van der Waals surface area contributed by atoms with Crippen LogP contribution < -0.4 is 5.32 Å². The minimum atomic E-state index is -0.410. The lowest BCUT2D eigenvalue weighted by Crippen LogP contribution is -2.45. The minimum absolute atomic E-state index is 0.340. The number of hydrogen-bond acceptors (Lipinski definition) is 3. The van der Waals surface area contributed by atoms with Gasteiger partial charge in [-0.2, -0.15) is 5.26 Å². The average Bonchev–Trinajstić information content (AvgIpc) is 2.04. The zero-order valence-electron chi connectivity index (χ0n) is 9.05. The molecule has 0 aliphatic heterocycles. The third-order valence-electron chi connectivity index (χ3n) is 1.88. The van der Waals surface area contributed by atoms with Crippen molar-refractivity contribution in [2.24, 2.45) is 0 Å². The number of nitrogens with zero attached hydrogens (tertiary/aromatic N) is 1. The molecular formula is C10H20N2O. The van der Waals surface area contributed by atoms with Gasteiger partial charge in [-0.15, -0.1) is 0 Å². The van der Waals surface area contributed by atoms with Crippen molar-refractivity contribution in [1.29, 1.82) is 5.26 Å². The van der Waals surface area contributed by atoms with Crippen LogP contribution in [0.1, 0.15) is 33.6 Å². The highest BCUT2D eigenvalue weighted by molar-refractivity contribution is 5.04. The van der Waals surface area contributed by atoms with Gasteiger partial charge in [-0.1, -0.05) is 0 Å². The van der Waals surface area contributed by atoms with Crippen molar-refractivity contribution in [2.75, 3.05) is 13.7 Å².